The van der Waals surface area contributed by atoms with Gasteiger partial charge in [-0.25, -0.2) is 0 Å². The predicted octanol–water partition coefficient (Wildman–Crippen LogP) is 2.18. The fourth-order valence-electron chi connectivity index (χ4n) is 1.22. The van der Waals surface area contributed by atoms with Crippen LogP contribution in [-0.2, 0) is 0 Å². The molecule has 1 rings (SSSR count). The average molecular weight is 230 g/mol. The van der Waals surface area contributed by atoms with E-state index < -0.39 is 0 Å². The first-order valence-corrected chi connectivity index (χ1v) is 6.29. The van der Waals surface area contributed by atoms with E-state index in [0.717, 1.165) is 19.5 Å². The zero-order valence-electron chi connectivity index (χ0n) is 7.40. The maximum atomic E-state index is 9.25. The van der Waals surface area contributed by atoms with Crippen LogP contribution in [0.1, 0.15) is 20.3 Å². The first-order valence-electron chi connectivity index (χ1n) is 4.02. The van der Waals surface area contributed by atoms with Crippen molar-refractivity contribution in [2.45, 2.75) is 31.1 Å². The smallest absolute Gasteiger partial charge is 0.112 e. The van der Waals surface area contributed by atoms with Gasteiger partial charge >= 0.3 is 0 Å². The van der Waals surface area contributed by atoms with E-state index in [9.17, 15) is 5.11 Å². The van der Waals surface area contributed by atoms with Crippen LogP contribution in [0, 0.1) is 0 Å². The summed E-state index contributed by atoms with van der Waals surface area (Å²) in [5.41, 5.74) is -0.148. The summed E-state index contributed by atoms with van der Waals surface area (Å²) in [6, 6.07) is 0. The van der Waals surface area contributed by atoms with Gasteiger partial charge < -0.3 is 5.11 Å². The topological polar surface area (TPSA) is 23.5 Å². The highest BCUT2D eigenvalue weighted by atomic mass is 35.5. The van der Waals surface area contributed by atoms with E-state index in [4.69, 9.17) is 0 Å². The Morgan fingerprint density at radius 1 is 1.33 bits per heavy atom. The Balaban J connectivity index is 0.00000121. The lowest BCUT2D eigenvalue weighted by atomic mass is 10.4. The SMILES string of the molecule is CCN(CC)C1CC(O)SS1.Cl. The van der Waals surface area contributed by atoms with E-state index in [-0.39, 0.29) is 17.8 Å². The van der Waals surface area contributed by atoms with Gasteiger partial charge in [-0.1, -0.05) is 35.4 Å². The van der Waals surface area contributed by atoms with Crippen LogP contribution in [0.5, 0.6) is 0 Å². The normalized spacial score (nSPS) is 29.0. The molecule has 0 saturated carbocycles. The minimum Gasteiger partial charge on any atom is -0.382 e. The Bertz CT molecular complexity index is 124. The van der Waals surface area contributed by atoms with Crippen LogP contribution in [0.4, 0.5) is 0 Å². The molecule has 5 heteroatoms. The molecule has 1 aliphatic rings. The minimum absolute atomic E-state index is 0. The second-order valence-corrected chi connectivity index (χ2v) is 5.19. The fraction of sp³-hybridized carbons (Fsp3) is 1.00. The first-order chi connectivity index (χ1) is 5.27. The number of hydrogen-bond acceptors (Lipinski definition) is 4. The van der Waals surface area contributed by atoms with Crippen molar-refractivity contribution in [3.8, 4) is 0 Å². The first kappa shape index (κ1) is 12.9. The quantitative estimate of drug-likeness (QED) is 0.750. The minimum atomic E-state index is -0.148. The molecule has 1 saturated heterocycles. The van der Waals surface area contributed by atoms with Crippen LogP contribution in [0.15, 0.2) is 0 Å². The molecule has 74 valence electrons. The van der Waals surface area contributed by atoms with E-state index in [2.05, 4.69) is 18.7 Å². The third kappa shape index (κ3) is 3.34. The van der Waals surface area contributed by atoms with Crippen molar-refractivity contribution in [1.29, 1.82) is 0 Å². The second kappa shape index (κ2) is 6.38. The molecule has 12 heavy (non-hydrogen) atoms. The van der Waals surface area contributed by atoms with Gasteiger partial charge in [0.25, 0.3) is 0 Å². The number of halogens is 1. The number of nitrogens with zero attached hydrogens (tertiary/aromatic N) is 1. The van der Waals surface area contributed by atoms with Gasteiger partial charge in [0.1, 0.15) is 5.44 Å². The van der Waals surface area contributed by atoms with Crippen LogP contribution in [0.25, 0.3) is 0 Å². The van der Waals surface area contributed by atoms with Crippen molar-refractivity contribution < 1.29 is 5.11 Å². The lowest BCUT2D eigenvalue weighted by Crippen LogP contribution is -2.31. The molecule has 2 nitrogen and oxygen atoms in total. The molecule has 0 aromatic rings. The molecule has 0 aliphatic carbocycles. The van der Waals surface area contributed by atoms with Crippen molar-refractivity contribution in [3.05, 3.63) is 0 Å². The largest absolute Gasteiger partial charge is 0.382 e. The van der Waals surface area contributed by atoms with Crippen LogP contribution in [0.2, 0.25) is 0 Å². The number of aliphatic hydroxyl groups excluding tert-OH is 1. The molecule has 1 aliphatic heterocycles. The number of hydrogen-bond donors (Lipinski definition) is 1. The molecule has 0 bridgehead atoms. The highest BCUT2D eigenvalue weighted by Gasteiger charge is 2.27. The summed E-state index contributed by atoms with van der Waals surface area (Å²) in [5.74, 6) is 0. The third-order valence-electron chi connectivity index (χ3n) is 1.90. The Kier molecular flexibility index (Phi) is 6.86. The van der Waals surface area contributed by atoms with Gasteiger partial charge in [0.2, 0.25) is 0 Å². The third-order valence-corrected chi connectivity index (χ3v) is 4.81. The van der Waals surface area contributed by atoms with E-state index in [0.29, 0.717) is 5.37 Å². The lowest BCUT2D eigenvalue weighted by Gasteiger charge is -2.23. The molecule has 0 spiro atoms. The van der Waals surface area contributed by atoms with E-state index in [1.165, 1.54) is 0 Å². The van der Waals surface area contributed by atoms with Crippen LogP contribution in [0.3, 0.4) is 0 Å². The van der Waals surface area contributed by atoms with Gasteiger partial charge in [0.05, 0.1) is 5.37 Å². The Morgan fingerprint density at radius 3 is 2.25 bits per heavy atom. The Labute approximate surface area is 88.3 Å². The summed E-state index contributed by atoms with van der Waals surface area (Å²) in [7, 11) is 3.40. The van der Waals surface area contributed by atoms with Crippen molar-refractivity contribution >= 4 is 34.0 Å². The Hall–Kier alpha value is 0.910. The Morgan fingerprint density at radius 2 is 1.92 bits per heavy atom. The zero-order chi connectivity index (χ0) is 8.27. The summed E-state index contributed by atoms with van der Waals surface area (Å²) >= 11 is 0. The molecule has 2 unspecified atom stereocenters. The zero-order valence-corrected chi connectivity index (χ0v) is 9.84. The molecule has 0 aromatic heterocycles. The van der Waals surface area contributed by atoms with Crippen LogP contribution in [-0.4, -0.2) is 33.9 Å². The predicted molar refractivity (Wildman–Crippen MR) is 59.8 cm³/mol. The molecule has 1 heterocycles. The maximum absolute atomic E-state index is 9.25. The van der Waals surface area contributed by atoms with Gasteiger partial charge in [-0.3, -0.25) is 4.90 Å². The summed E-state index contributed by atoms with van der Waals surface area (Å²) in [6.07, 6.45) is 0.914. The van der Waals surface area contributed by atoms with Crippen LogP contribution < -0.4 is 0 Å². The molecule has 1 N–H and O–H groups in total. The number of aliphatic hydroxyl groups is 1. The molecule has 1 fully saturated rings. The molecule has 0 radical (unpaired) electrons. The fourth-order valence-corrected chi connectivity index (χ4v) is 4.15. The summed E-state index contributed by atoms with van der Waals surface area (Å²) < 4.78 is 0. The van der Waals surface area contributed by atoms with Crippen molar-refractivity contribution in [3.63, 3.8) is 0 Å². The highest BCUT2D eigenvalue weighted by Crippen LogP contribution is 2.43. The number of rotatable bonds is 3. The lowest BCUT2D eigenvalue weighted by molar-refractivity contribution is 0.204. The van der Waals surface area contributed by atoms with Gasteiger partial charge in [0, 0.05) is 6.42 Å². The molecule has 0 amide bonds. The van der Waals surface area contributed by atoms with Crippen molar-refractivity contribution in [1.82, 2.24) is 4.90 Å². The van der Waals surface area contributed by atoms with Gasteiger partial charge in [-0.15, -0.1) is 12.4 Å². The van der Waals surface area contributed by atoms with Gasteiger partial charge in [-0.2, -0.15) is 0 Å². The molecule has 0 aromatic carbocycles. The summed E-state index contributed by atoms with van der Waals surface area (Å²) in [6.45, 7) is 6.50. The summed E-state index contributed by atoms with van der Waals surface area (Å²) in [4.78, 5) is 2.38. The molecule has 2 atom stereocenters. The second-order valence-electron chi connectivity index (χ2n) is 2.56. The molecular formula is C7H16ClNOS2. The van der Waals surface area contributed by atoms with Crippen LogP contribution >= 0.6 is 34.0 Å². The summed E-state index contributed by atoms with van der Waals surface area (Å²) in [5, 5.41) is 9.79. The molecular weight excluding hydrogens is 214 g/mol. The maximum Gasteiger partial charge on any atom is 0.112 e. The average Bonchev–Trinajstić information content (AvgIpc) is 2.39. The highest BCUT2D eigenvalue weighted by molar-refractivity contribution is 8.77. The standard InChI is InChI=1S/C7H15NOS2.ClH/c1-3-8(4-2)6-5-7(9)11-10-6;/h6-7,9H,3-5H2,1-2H3;1H. The van der Waals surface area contributed by atoms with Gasteiger partial charge in [-0.05, 0) is 13.1 Å². The van der Waals surface area contributed by atoms with E-state index in [1.54, 1.807) is 21.6 Å². The van der Waals surface area contributed by atoms with Gasteiger partial charge in [0.15, 0.2) is 0 Å². The van der Waals surface area contributed by atoms with Crippen molar-refractivity contribution in [2.75, 3.05) is 13.1 Å². The monoisotopic (exact) mass is 229 g/mol. The van der Waals surface area contributed by atoms with Crippen molar-refractivity contribution in [2.24, 2.45) is 0 Å². The van der Waals surface area contributed by atoms with E-state index in [1.807, 2.05) is 0 Å². The van der Waals surface area contributed by atoms with E-state index >= 15 is 0 Å².